The highest BCUT2D eigenvalue weighted by Crippen LogP contribution is 2.45. The second-order valence-electron chi connectivity index (χ2n) is 5.80. The Morgan fingerprint density at radius 1 is 1.50 bits per heavy atom. The van der Waals surface area contributed by atoms with E-state index < -0.39 is 12.1 Å². The zero-order valence-electron chi connectivity index (χ0n) is 13.2. The van der Waals surface area contributed by atoms with Crippen LogP contribution < -0.4 is 5.32 Å². The number of carbonyl (C=O) groups is 1. The van der Waals surface area contributed by atoms with Crippen LogP contribution in [0.1, 0.15) is 49.1 Å². The molecule has 0 atom stereocenters. The fraction of sp³-hybridized carbons (Fsp3) is 0.533. The highest BCUT2D eigenvalue weighted by molar-refractivity contribution is 6.32. The van der Waals surface area contributed by atoms with Gasteiger partial charge in [-0.05, 0) is 19.8 Å². The minimum Gasteiger partial charge on any atom is -0.350 e. The van der Waals surface area contributed by atoms with Crippen molar-refractivity contribution in [2.75, 3.05) is 0 Å². The molecule has 3 rings (SSSR count). The Balaban J connectivity index is 1.66. The van der Waals surface area contributed by atoms with Crippen molar-refractivity contribution < 1.29 is 13.6 Å². The highest BCUT2D eigenvalue weighted by atomic mass is 35.5. The number of halogens is 3. The summed E-state index contributed by atoms with van der Waals surface area (Å²) in [5.74, 6) is -0.186. The molecule has 2 heterocycles. The van der Waals surface area contributed by atoms with E-state index >= 15 is 0 Å². The summed E-state index contributed by atoms with van der Waals surface area (Å²) in [6.45, 7) is 2.92. The Labute approximate surface area is 142 Å². The van der Waals surface area contributed by atoms with Gasteiger partial charge in [0.1, 0.15) is 12.2 Å². The molecule has 2 aromatic rings. The largest absolute Gasteiger partial charge is 0.350 e. The minimum absolute atomic E-state index is 0.00970. The van der Waals surface area contributed by atoms with Gasteiger partial charge in [0.15, 0.2) is 0 Å². The molecule has 1 fully saturated rings. The molecule has 0 aromatic carbocycles. The predicted octanol–water partition coefficient (Wildman–Crippen LogP) is 2.88. The van der Waals surface area contributed by atoms with Gasteiger partial charge in [0.2, 0.25) is 5.91 Å². The van der Waals surface area contributed by atoms with Gasteiger partial charge in [-0.3, -0.25) is 14.2 Å². The number of nitrogens with zero attached hydrogens (tertiary/aromatic N) is 4. The quantitative estimate of drug-likeness (QED) is 0.828. The van der Waals surface area contributed by atoms with E-state index in [2.05, 4.69) is 15.5 Å². The topological polar surface area (TPSA) is 64.7 Å². The van der Waals surface area contributed by atoms with Gasteiger partial charge in [-0.25, -0.2) is 8.78 Å². The summed E-state index contributed by atoms with van der Waals surface area (Å²) in [7, 11) is 0. The molecular formula is C15H18ClF2N5O. The van der Waals surface area contributed by atoms with Crippen molar-refractivity contribution in [3.8, 4) is 0 Å². The van der Waals surface area contributed by atoms with Gasteiger partial charge in [-0.2, -0.15) is 10.2 Å². The average molecular weight is 358 g/mol. The number of aromatic nitrogens is 4. The summed E-state index contributed by atoms with van der Waals surface area (Å²) >= 11 is 6.03. The first-order chi connectivity index (χ1) is 11.5. The molecule has 1 aliphatic rings. The lowest BCUT2D eigenvalue weighted by molar-refractivity contribution is -0.122. The maximum Gasteiger partial charge on any atom is 0.283 e. The van der Waals surface area contributed by atoms with Gasteiger partial charge >= 0.3 is 0 Å². The second-order valence-corrected chi connectivity index (χ2v) is 6.18. The number of aryl methyl sites for hydroxylation is 1. The molecule has 130 valence electrons. The van der Waals surface area contributed by atoms with E-state index in [0.29, 0.717) is 12.2 Å². The Kier molecular flexibility index (Phi) is 4.84. The molecule has 0 spiro atoms. The summed E-state index contributed by atoms with van der Waals surface area (Å²) < 4.78 is 29.0. The molecular weight excluding hydrogens is 340 g/mol. The Morgan fingerprint density at radius 3 is 2.83 bits per heavy atom. The third-order valence-electron chi connectivity index (χ3n) is 3.92. The van der Waals surface area contributed by atoms with Gasteiger partial charge in [0, 0.05) is 30.8 Å². The Morgan fingerprint density at radius 2 is 2.25 bits per heavy atom. The van der Waals surface area contributed by atoms with Gasteiger partial charge in [-0.15, -0.1) is 0 Å². The molecule has 0 saturated heterocycles. The van der Waals surface area contributed by atoms with Crippen LogP contribution in [0.25, 0.3) is 0 Å². The molecule has 0 aliphatic heterocycles. The number of rotatable bonds is 7. The SMILES string of the molecule is CCn1cc(CNC(=O)Cn2nc(C(F)F)c(Cl)c2C2CC2)cn1. The van der Waals surface area contributed by atoms with E-state index in [1.807, 2.05) is 13.1 Å². The maximum atomic E-state index is 13.0. The van der Waals surface area contributed by atoms with Crippen molar-refractivity contribution in [2.24, 2.45) is 0 Å². The third-order valence-corrected chi connectivity index (χ3v) is 4.31. The van der Waals surface area contributed by atoms with Crippen LogP contribution in [-0.4, -0.2) is 25.5 Å². The third kappa shape index (κ3) is 3.58. The van der Waals surface area contributed by atoms with E-state index in [1.165, 1.54) is 4.68 Å². The van der Waals surface area contributed by atoms with Gasteiger partial charge < -0.3 is 5.32 Å². The van der Waals surface area contributed by atoms with Crippen molar-refractivity contribution >= 4 is 17.5 Å². The molecule has 6 nitrogen and oxygen atoms in total. The first kappa shape index (κ1) is 16.9. The molecule has 1 saturated carbocycles. The molecule has 24 heavy (non-hydrogen) atoms. The molecule has 9 heteroatoms. The number of nitrogens with one attached hydrogen (secondary N) is 1. The van der Waals surface area contributed by atoms with E-state index in [-0.39, 0.29) is 23.4 Å². The van der Waals surface area contributed by atoms with Crippen LogP contribution in [-0.2, 0) is 24.4 Å². The summed E-state index contributed by atoms with van der Waals surface area (Å²) in [4.78, 5) is 12.1. The number of hydrogen-bond acceptors (Lipinski definition) is 3. The van der Waals surface area contributed by atoms with Crippen molar-refractivity contribution in [1.82, 2.24) is 24.9 Å². The zero-order chi connectivity index (χ0) is 17.3. The lowest BCUT2D eigenvalue weighted by Gasteiger charge is -2.07. The van der Waals surface area contributed by atoms with Crippen LogP contribution in [0, 0.1) is 0 Å². The number of carbonyl (C=O) groups excluding carboxylic acids is 1. The van der Waals surface area contributed by atoms with Crippen molar-refractivity contribution in [2.45, 2.75) is 51.7 Å². The lowest BCUT2D eigenvalue weighted by atomic mass is 10.2. The zero-order valence-corrected chi connectivity index (χ0v) is 13.9. The smallest absolute Gasteiger partial charge is 0.283 e. The fourth-order valence-corrected chi connectivity index (χ4v) is 2.91. The van der Waals surface area contributed by atoms with E-state index in [1.54, 1.807) is 10.9 Å². The van der Waals surface area contributed by atoms with Crippen LogP contribution in [0.5, 0.6) is 0 Å². The first-order valence-electron chi connectivity index (χ1n) is 7.81. The lowest BCUT2D eigenvalue weighted by Crippen LogP contribution is -2.28. The van der Waals surface area contributed by atoms with Crippen molar-refractivity contribution in [3.05, 3.63) is 34.4 Å². The average Bonchev–Trinajstić information content (AvgIpc) is 3.17. The number of hydrogen-bond donors (Lipinski definition) is 1. The van der Waals surface area contributed by atoms with Crippen LogP contribution in [0.3, 0.4) is 0 Å². The van der Waals surface area contributed by atoms with Crippen LogP contribution in [0.2, 0.25) is 5.02 Å². The fourth-order valence-electron chi connectivity index (χ4n) is 2.54. The number of alkyl halides is 2. The summed E-state index contributed by atoms with van der Waals surface area (Å²) in [5.41, 5.74) is 0.968. The standard InChI is InChI=1S/C15H18ClF2N5O/c1-2-22-7-9(6-20-22)5-19-11(24)8-23-14(10-3-4-10)12(16)13(21-23)15(17)18/h6-7,10,15H,2-5,8H2,1H3,(H,19,24). The monoisotopic (exact) mass is 357 g/mol. The van der Waals surface area contributed by atoms with Crippen LogP contribution in [0.4, 0.5) is 8.78 Å². The molecule has 0 radical (unpaired) electrons. The first-order valence-corrected chi connectivity index (χ1v) is 8.19. The molecule has 2 aromatic heterocycles. The van der Waals surface area contributed by atoms with E-state index in [4.69, 9.17) is 11.6 Å². The predicted molar refractivity (Wildman–Crippen MR) is 83.9 cm³/mol. The van der Waals surface area contributed by atoms with E-state index in [0.717, 1.165) is 24.9 Å². The molecule has 1 amide bonds. The van der Waals surface area contributed by atoms with E-state index in [9.17, 15) is 13.6 Å². The molecule has 1 aliphatic carbocycles. The molecule has 1 N–H and O–H groups in total. The van der Waals surface area contributed by atoms with Crippen LogP contribution in [0.15, 0.2) is 12.4 Å². The normalized spacial score (nSPS) is 14.4. The maximum absolute atomic E-state index is 13.0. The summed E-state index contributed by atoms with van der Waals surface area (Å²) in [6, 6.07) is 0. The van der Waals surface area contributed by atoms with Gasteiger partial charge in [-0.1, -0.05) is 11.6 Å². The molecule has 0 bridgehead atoms. The number of amides is 1. The second kappa shape index (κ2) is 6.88. The summed E-state index contributed by atoms with van der Waals surface area (Å²) in [6.07, 6.45) is 2.53. The minimum atomic E-state index is -2.75. The van der Waals surface area contributed by atoms with Crippen LogP contribution >= 0.6 is 11.6 Å². The molecule has 0 unspecified atom stereocenters. The highest BCUT2D eigenvalue weighted by Gasteiger charge is 2.34. The van der Waals surface area contributed by atoms with Crippen molar-refractivity contribution in [1.29, 1.82) is 0 Å². The Bertz CT molecular complexity index is 738. The van der Waals surface area contributed by atoms with Gasteiger partial charge in [0.25, 0.3) is 6.43 Å². The summed E-state index contributed by atoms with van der Waals surface area (Å²) in [5, 5.41) is 10.7. The van der Waals surface area contributed by atoms with Gasteiger partial charge in [0.05, 0.1) is 16.9 Å². The Hall–Kier alpha value is -1.96. The van der Waals surface area contributed by atoms with Crippen molar-refractivity contribution in [3.63, 3.8) is 0 Å².